The van der Waals surface area contributed by atoms with E-state index in [2.05, 4.69) is 0 Å². The Morgan fingerprint density at radius 1 is 1.07 bits per heavy atom. The van der Waals surface area contributed by atoms with Crippen molar-refractivity contribution in [1.82, 2.24) is 4.98 Å². The molecule has 0 radical (unpaired) electrons. The van der Waals surface area contributed by atoms with Crippen LogP contribution in [0.15, 0.2) is 82.8 Å². The van der Waals surface area contributed by atoms with Gasteiger partial charge in [-0.1, -0.05) is 30.3 Å². The van der Waals surface area contributed by atoms with Crippen LogP contribution in [0.3, 0.4) is 0 Å². The van der Waals surface area contributed by atoms with E-state index in [0.29, 0.717) is 28.7 Å². The normalized spacial score (nSPS) is 10.6. The molecule has 6 heteroatoms. The third-order valence-electron chi connectivity index (χ3n) is 4.27. The first-order chi connectivity index (χ1) is 13.7. The van der Waals surface area contributed by atoms with Gasteiger partial charge in [-0.15, -0.1) is 11.3 Å². The van der Waals surface area contributed by atoms with Gasteiger partial charge in [0.15, 0.2) is 5.13 Å². The molecule has 4 aromatic rings. The van der Waals surface area contributed by atoms with Crippen LogP contribution in [0.1, 0.15) is 16.1 Å². The number of carbonyl (C=O) groups excluding carboxylic acids is 1. The van der Waals surface area contributed by atoms with E-state index in [4.69, 9.17) is 14.1 Å². The lowest BCUT2D eigenvalue weighted by atomic mass is 10.2. The summed E-state index contributed by atoms with van der Waals surface area (Å²) in [5.41, 5.74) is 2.41. The number of methoxy groups -OCH3 is 1. The SMILES string of the molecule is COc1ccc(C(=O)N(Cc2ccco2)c2nc(-c3ccccc3)cs2)cc1. The number of rotatable bonds is 6. The van der Waals surface area contributed by atoms with Gasteiger partial charge in [0.1, 0.15) is 11.5 Å². The number of anilines is 1. The van der Waals surface area contributed by atoms with E-state index in [1.807, 2.05) is 47.8 Å². The van der Waals surface area contributed by atoms with Gasteiger partial charge in [0.2, 0.25) is 0 Å². The molecule has 0 N–H and O–H groups in total. The molecule has 1 amide bonds. The summed E-state index contributed by atoms with van der Waals surface area (Å²) in [6, 6.07) is 20.6. The third kappa shape index (κ3) is 3.82. The first-order valence-corrected chi connectivity index (χ1v) is 9.62. The summed E-state index contributed by atoms with van der Waals surface area (Å²) in [5, 5.41) is 2.58. The van der Waals surface area contributed by atoms with Crippen molar-refractivity contribution in [3.8, 4) is 17.0 Å². The Balaban J connectivity index is 1.67. The number of nitrogens with zero attached hydrogens (tertiary/aromatic N) is 2. The largest absolute Gasteiger partial charge is 0.497 e. The van der Waals surface area contributed by atoms with Crippen molar-refractivity contribution in [2.75, 3.05) is 12.0 Å². The highest BCUT2D eigenvalue weighted by Crippen LogP contribution is 2.29. The number of ether oxygens (including phenoxy) is 1. The second-order valence-corrected chi connectivity index (χ2v) is 6.92. The number of hydrogen-bond donors (Lipinski definition) is 0. The molecule has 0 unspecified atom stereocenters. The monoisotopic (exact) mass is 390 g/mol. The van der Waals surface area contributed by atoms with E-state index in [0.717, 1.165) is 11.3 Å². The van der Waals surface area contributed by atoms with Gasteiger partial charge in [0, 0.05) is 16.5 Å². The molecule has 4 rings (SSSR count). The zero-order valence-corrected chi connectivity index (χ0v) is 16.1. The average molecular weight is 390 g/mol. The number of carbonyl (C=O) groups is 1. The summed E-state index contributed by atoms with van der Waals surface area (Å²) in [7, 11) is 1.60. The number of thiazole rings is 1. The van der Waals surface area contributed by atoms with Gasteiger partial charge in [-0.3, -0.25) is 9.69 Å². The van der Waals surface area contributed by atoms with Crippen molar-refractivity contribution in [2.24, 2.45) is 0 Å². The molecule has 140 valence electrons. The predicted molar refractivity (Wildman–Crippen MR) is 110 cm³/mol. The number of benzene rings is 2. The number of furan rings is 1. The van der Waals surface area contributed by atoms with Crippen LogP contribution in [-0.2, 0) is 6.54 Å². The van der Waals surface area contributed by atoms with Crippen LogP contribution in [0.2, 0.25) is 0 Å². The second-order valence-electron chi connectivity index (χ2n) is 6.08. The Bertz CT molecular complexity index is 1040. The molecule has 2 aromatic carbocycles. The quantitative estimate of drug-likeness (QED) is 0.451. The Kier molecular flexibility index (Phi) is 5.21. The first-order valence-electron chi connectivity index (χ1n) is 8.74. The Hall–Kier alpha value is -3.38. The van der Waals surface area contributed by atoms with Crippen molar-refractivity contribution in [3.05, 3.63) is 89.7 Å². The smallest absolute Gasteiger partial charge is 0.260 e. The van der Waals surface area contributed by atoms with Gasteiger partial charge in [0.25, 0.3) is 5.91 Å². The van der Waals surface area contributed by atoms with Crippen LogP contribution in [-0.4, -0.2) is 18.0 Å². The fourth-order valence-corrected chi connectivity index (χ4v) is 3.64. The molecule has 0 aliphatic heterocycles. The molecular weight excluding hydrogens is 372 g/mol. The maximum atomic E-state index is 13.2. The summed E-state index contributed by atoms with van der Waals surface area (Å²) in [6.07, 6.45) is 1.60. The number of hydrogen-bond acceptors (Lipinski definition) is 5. The van der Waals surface area contributed by atoms with Crippen LogP contribution in [0.4, 0.5) is 5.13 Å². The molecule has 28 heavy (non-hydrogen) atoms. The summed E-state index contributed by atoms with van der Waals surface area (Å²) in [5.74, 6) is 1.25. The van der Waals surface area contributed by atoms with E-state index in [1.165, 1.54) is 11.3 Å². The molecule has 0 saturated heterocycles. The summed E-state index contributed by atoms with van der Waals surface area (Å²) >= 11 is 1.43. The summed E-state index contributed by atoms with van der Waals surface area (Å²) in [4.78, 5) is 19.6. The van der Waals surface area contributed by atoms with Crippen LogP contribution in [0, 0.1) is 0 Å². The zero-order valence-electron chi connectivity index (χ0n) is 15.2. The lowest BCUT2D eigenvalue weighted by Gasteiger charge is -2.19. The van der Waals surface area contributed by atoms with Crippen molar-refractivity contribution in [2.45, 2.75) is 6.54 Å². The lowest BCUT2D eigenvalue weighted by molar-refractivity contribution is 0.0983. The zero-order chi connectivity index (χ0) is 19.3. The lowest BCUT2D eigenvalue weighted by Crippen LogP contribution is -2.30. The minimum Gasteiger partial charge on any atom is -0.497 e. The van der Waals surface area contributed by atoms with Crippen LogP contribution in [0.25, 0.3) is 11.3 Å². The van der Waals surface area contributed by atoms with E-state index in [-0.39, 0.29) is 5.91 Å². The molecular formula is C22H18N2O3S. The standard InChI is InChI=1S/C22H18N2O3S/c1-26-18-11-9-17(10-12-18)21(25)24(14-19-8-5-13-27-19)22-23-20(15-28-22)16-6-3-2-4-7-16/h2-13,15H,14H2,1H3. The van der Waals surface area contributed by atoms with Crippen molar-refractivity contribution in [1.29, 1.82) is 0 Å². The fourth-order valence-electron chi connectivity index (χ4n) is 2.80. The summed E-state index contributed by atoms with van der Waals surface area (Å²) in [6.45, 7) is 0.305. The maximum Gasteiger partial charge on any atom is 0.260 e. The van der Waals surface area contributed by atoms with Gasteiger partial charge >= 0.3 is 0 Å². The first kappa shape index (κ1) is 18.0. The van der Waals surface area contributed by atoms with Crippen LogP contribution in [0.5, 0.6) is 5.75 Å². The van der Waals surface area contributed by atoms with Gasteiger partial charge in [0.05, 0.1) is 25.6 Å². The maximum absolute atomic E-state index is 13.2. The van der Waals surface area contributed by atoms with Crippen LogP contribution >= 0.6 is 11.3 Å². The van der Waals surface area contributed by atoms with Crippen LogP contribution < -0.4 is 9.64 Å². The van der Waals surface area contributed by atoms with Gasteiger partial charge in [-0.2, -0.15) is 0 Å². The molecule has 0 aliphatic carbocycles. The fraction of sp³-hybridized carbons (Fsp3) is 0.0909. The topological polar surface area (TPSA) is 55.6 Å². The molecule has 0 atom stereocenters. The Labute approximate surface area is 166 Å². The molecule has 0 aliphatic rings. The number of aromatic nitrogens is 1. The van der Waals surface area contributed by atoms with Gasteiger partial charge in [-0.05, 0) is 36.4 Å². The molecule has 2 aromatic heterocycles. The highest BCUT2D eigenvalue weighted by molar-refractivity contribution is 7.14. The summed E-state index contributed by atoms with van der Waals surface area (Å²) < 4.78 is 10.6. The van der Waals surface area contributed by atoms with E-state index < -0.39 is 0 Å². The average Bonchev–Trinajstić information content (AvgIpc) is 3.44. The molecule has 0 spiro atoms. The second kappa shape index (κ2) is 8.10. The highest BCUT2D eigenvalue weighted by Gasteiger charge is 2.22. The Morgan fingerprint density at radius 3 is 2.54 bits per heavy atom. The molecule has 0 saturated carbocycles. The van der Waals surface area contributed by atoms with Crippen molar-refractivity contribution in [3.63, 3.8) is 0 Å². The minimum absolute atomic E-state index is 0.145. The third-order valence-corrected chi connectivity index (χ3v) is 5.13. The van der Waals surface area contributed by atoms with E-state index >= 15 is 0 Å². The highest BCUT2D eigenvalue weighted by atomic mass is 32.1. The van der Waals surface area contributed by atoms with Crippen molar-refractivity contribution >= 4 is 22.4 Å². The molecule has 2 heterocycles. The molecule has 0 bridgehead atoms. The predicted octanol–water partition coefficient (Wildman–Crippen LogP) is 5.26. The van der Waals surface area contributed by atoms with E-state index in [9.17, 15) is 4.79 Å². The number of amides is 1. The van der Waals surface area contributed by atoms with E-state index in [1.54, 1.807) is 42.5 Å². The Morgan fingerprint density at radius 2 is 1.86 bits per heavy atom. The molecule has 5 nitrogen and oxygen atoms in total. The molecule has 0 fully saturated rings. The van der Waals surface area contributed by atoms with Gasteiger partial charge < -0.3 is 9.15 Å². The minimum atomic E-state index is -0.145. The van der Waals surface area contributed by atoms with Gasteiger partial charge in [-0.25, -0.2) is 4.98 Å². The van der Waals surface area contributed by atoms with Crippen molar-refractivity contribution < 1.29 is 13.9 Å².